The van der Waals surface area contributed by atoms with E-state index in [4.69, 9.17) is 10.2 Å². The number of halogens is 1. The standard InChI is InChI=1S/C8H8O.C7H6O2.C4H9O.C2H5Br.K/c1-2-7-4-3-5-8(9)6-7;8-5-6-2-1-3-7(9)4-6;1-4(2,3)5;1-2-3;/h2-6,9H,1H2;1-5,9H;1-3H3;2H2,1H3;/q;;-1;;+1. The summed E-state index contributed by atoms with van der Waals surface area (Å²) < 4.78 is 0. The number of alkyl halides is 1. The molecule has 0 aliphatic heterocycles. The van der Waals surface area contributed by atoms with Gasteiger partial charge in [0.2, 0.25) is 0 Å². The van der Waals surface area contributed by atoms with E-state index in [1.165, 1.54) is 12.1 Å². The van der Waals surface area contributed by atoms with Gasteiger partial charge in [-0.1, -0.05) is 80.5 Å². The summed E-state index contributed by atoms with van der Waals surface area (Å²) in [5.41, 5.74) is 0.685. The van der Waals surface area contributed by atoms with E-state index in [-0.39, 0.29) is 62.9 Å². The van der Waals surface area contributed by atoms with E-state index < -0.39 is 5.60 Å². The van der Waals surface area contributed by atoms with E-state index in [0.29, 0.717) is 11.8 Å². The van der Waals surface area contributed by atoms with Gasteiger partial charge in [-0.15, -0.1) is 5.60 Å². The van der Waals surface area contributed by atoms with Crippen LogP contribution in [0.25, 0.3) is 6.08 Å². The van der Waals surface area contributed by atoms with Gasteiger partial charge in [0.05, 0.1) is 0 Å². The molecule has 2 aromatic carbocycles. The Balaban J connectivity index is -0.000000304. The fourth-order valence-corrected chi connectivity index (χ4v) is 1.25. The maximum absolute atomic E-state index is 10.1. The molecule has 0 amide bonds. The van der Waals surface area contributed by atoms with Gasteiger partial charge in [0.25, 0.3) is 0 Å². The van der Waals surface area contributed by atoms with Crippen LogP contribution in [0.2, 0.25) is 0 Å². The zero-order chi connectivity index (χ0) is 20.6. The Kier molecular flexibility index (Phi) is 21.8. The van der Waals surface area contributed by atoms with Gasteiger partial charge >= 0.3 is 51.4 Å². The van der Waals surface area contributed by atoms with Crippen molar-refractivity contribution in [1.82, 2.24) is 0 Å². The van der Waals surface area contributed by atoms with E-state index in [1.807, 2.05) is 13.0 Å². The molecule has 0 aromatic heterocycles. The molecule has 0 spiro atoms. The summed E-state index contributed by atoms with van der Waals surface area (Å²) >= 11 is 3.15. The van der Waals surface area contributed by atoms with Gasteiger partial charge in [0.1, 0.15) is 17.8 Å². The molecule has 0 saturated heterocycles. The summed E-state index contributed by atoms with van der Waals surface area (Å²) in [6.45, 7) is 10.5. The first kappa shape index (κ1) is 31.2. The van der Waals surface area contributed by atoms with E-state index in [1.54, 1.807) is 57.2 Å². The molecular formula is C21H28BrKO4. The van der Waals surface area contributed by atoms with Crippen LogP contribution >= 0.6 is 15.9 Å². The molecule has 0 saturated carbocycles. The van der Waals surface area contributed by atoms with Gasteiger partial charge in [-0.2, -0.15) is 0 Å². The number of phenolic OH excluding ortho intramolecular Hbond substituents is 2. The average Bonchev–Trinajstić information content (AvgIpc) is 2.54. The van der Waals surface area contributed by atoms with Crippen molar-refractivity contribution >= 4 is 28.3 Å². The van der Waals surface area contributed by atoms with Gasteiger partial charge in [-0.05, 0) is 29.8 Å². The second kappa shape index (κ2) is 18.9. The van der Waals surface area contributed by atoms with Crippen molar-refractivity contribution < 1.29 is 71.5 Å². The van der Waals surface area contributed by atoms with Crippen molar-refractivity contribution in [3.05, 3.63) is 66.2 Å². The number of aromatic hydroxyl groups is 2. The summed E-state index contributed by atoms with van der Waals surface area (Å²) in [6.07, 6.45) is 2.39. The number of phenols is 2. The number of aldehydes is 1. The summed E-state index contributed by atoms with van der Waals surface area (Å²) in [7, 11) is 0. The van der Waals surface area contributed by atoms with Crippen molar-refractivity contribution in [3.8, 4) is 11.5 Å². The number of hydrogen-bond donors (Lipinski definition) is 2. The minimum Gasteiger partial charge on any atom is -0.850 e. The normalized spacial score (nSPS) is 8.81. The molecule has 0 fully saturated rings. The van der Waals surface area contributed by atoms with E-state index in [0.717, 1.165) is 10.9 Å². The minimum atomic E-state index is -0.750. The first-order chi connectivity index (χ1) is 12.1. The zero-order valence-electron chi connectivity index (χ0n) is 16.8. The van der Waals surface area contributed by atoms with Gasteiger partial charge in [-0.3, -0.25) is 4.79 Å². The molecule has 6 heteroatoms. The Morgan fingerprint density at radius 2 is 1.37 bits per heavy atom. The third kappa shape index (κ3) is 25.5. The SMILES string of the molecule is C=Cc1cccc(O)c1.CC(C)(C)[O-].CCBr.O=Cc1cccc(O)c1.[K+]. The van der Waals surface area contributed by atoms with Crippen molar-refractivity contribution in [2.75, 3.05) is 5.33 Å². The fraction of sp³-hybridized carbons (Fsp3) is 0.286. The van der Waals surface area contributed by atoms with E-state index in [9.17, 15) is 9.90 Å². The van der Waals surface area contributed by atoms with Gasteiger partial charge in [0, 0.05) is 10.9 Å². The van der Waals surface area contributed by atoms with Crippen LogP contribution < -0.4 is 56.5 Å². The first-order valence-electron chi connectivity index (χ1n) is 7.99. The third-order valence-electron chi connectivity index (χ3n) is 2.11. The average molecular weight is 463 g/mol. The molecule has 0 radical (unpaired) electrons. The first-order valence-corrected chi connectivity index (χ1v) is 9.11. The van der Waals surface area contributed by atoms with Crippen LogP contribution in [-0.2, 0) is 0 Å². The van der Waals surface area contributed by atoms with Crippen LogP contribution in [0.1, 0.15) is 43.6 Å². The van der Waals surface area contributed by atoms with E-state index >= 15 is 0 Å². The van der Waals surface area contributed by atoms with Crippen LogP contribution in [0.4, 0.5) is 0 Å². The summed E-state index contributed by atoms with van der Waals surface area (Å²) in [5, 5.41) is 28.8. The second-order valence-corrected chi connectivity index (χ2v) is 7.01. The summed E-state index contributed by atoms with van der Waals surface area (Å²) in [5.74, 6) is 0.409. The largest absolute Gasteiger partial charge is 1.00 e. The number of benzene rings is 2. The molecule has 2 N–H and O–H groups in total. The van der Waals surface area contributed by atoms with Crippen LogP contribution in [-0.4, -0.2) is 27.4 Å². The van der Waals surface area contributed by atoms with Crippen LogP contribution in [0, 0.1) is 0 Å². The fourth-order valence-electron chi connectivity index (χ4n) is 1.25. The maximum atomic E-state index is 10.1. The molecule has 2 rings (SSSR count). The Morgan fingerprint density at radius 3 is 1.59 bits per heavy atom. The Labute approximate surface area is 213 Å². The molecular weight excluding hydrogens is 435 g/mol. The van der Waals surface area contributed by atoms with Crippen molar-refractivity contribution in [2.24, 2.45) is 0 Å². The monoisotopic (exact) mass is 462 g/mol. The van der Waals surface area contributed by atoms with Crippen molar-refractivity contribution in [2.45, 2.75) is 33.3 Å². The van der Waals surface area contributed by atoms with Crippen molar-refractivity contribution in [3.63, 3.8) is 0 Å². The van der Waals surface area contributed by atoms with Gasteiger partial charge < -0.3 is 15.3 Å². The van der Waals surface area contributed by atoms with Gasteiger partial charge in [0.15, 0.2) is 0 Å². The quantitative estimate of drug-likeness (QED) is 0.404. The molecule has 0 heterocycles. The topological polar surface area (TPSA) is 80.6 Å². The predicted octanol–water partition coefficient (Wildman–Crippen LogP) is 1.79. The number of rotatable bonds is 2. The van der Waals surface area contributed by atoms with E-state index in [2.05, 4.69) is 22.5 Å². The number of hydrogen-bond acceptors (Lipinski definition) is 4. The molecule has 0 aliphatic carbocycles. The number of carbonyl (C=O) groups is 1. The molecule has 144 valence electrons. The third-order valence-corrected chi connectivity index (χ3v) is 2.11. The Hall–Kier alpha value is -0.474. The van der Waals surface area contributed by atoms with Gasteiger partial charge in [-0.25, -0.2) is 0 Å². The summed E-state index contributed by atoms with van der Waals surface area (Å²) in [6, 6.07) is 13.1. The molecule has 0 aliphatic rings. The maximum Gasteiger partial charge on any atom is 1.00 e. The number of carbonyl (C=O) groups excluding carboxylic acids is 1. The van der Waals surface area contributed by atoms with Crippen LogP contribution in [0.3, 0.4) is 0 Å². The minimum absolute atomic E-state index is 0. The molecule has 0 unspecified atom stereocenters. The smallest absolute Gasteiger partial charge is 0.850 e. The Bertz CT molecular complexity index is 585. The van der Waals surface area contributed by atoms with Crippen LogP contribution in [0.5, 0.6) is 11.5 Å². The zero-order valence-corrected chi connectivity index (χ0v) is 21.5. The van der Waals surface area contributed by atoms with Crippen molar-refractivity contribution in [1.29, 1.82) is 0 Å². The second-order valence-electron chi connectivity index (χ2n) is 5.89. The predicted molar refractivity (Wildman–Crippen MR) is 111 cm³/mol. The molecule has 0 atom stereocenters. The molecule has 27 heavy (non-hydrogen) atoms. The Morgan fingerprint density at radius 1 is 1.04 bits per heavy atom. The molecule has 2 aromatic rings. The summed E-state index contributed by atoms with van der Waals surface area (Å²) in [4.78, 5) is 10.0. The molecule has 4 nitrogen and oxygen atoms in total. The molecule has 0 bridgehead atoms. The van der Waals surface area contributed by atoms with Crippen LogP contribution in [0.15, 0.2) is 55.1 Å².